The van der Waals surface area contributed by atoms with E-state index in [4.69, 9.17) is 32.7 Å². The fourth-order valence-corrected chi connectivity index (χ4v) is 4.46. The molecule has 2 heterocycles. The molecule has 41 heavy (non-hydrogen) atoms. The molecule has 0 saturated carbocycles. The van der Waals surface area contributed by atoms with Crippen molar-refractivity contribution < 1.29 is 32.5 Å². The minimum atomic E-state index is -4.67. The number of nitrogens with two attached hydrogens (primary N) is 2. The highest BCUT2D eigenvalue weighted by molar-refractivity contribution is 6.33. The molecule has 0 aliphatic carbocycles. The summed E-state index contributed by atoms with van der Waals surface area (Å²) < 4.78 is 51.7. The predicted molar refractivity (Wildman–Crippen MR) is 148 cm³/mol. The largest absolute Gasteiger partial charge is 0.495 e. The number of nitrogens with zero attached hydrogens (tertiary/aromatic N) is 3. The first-order chi connectivity index (χ1) is 19.4. The van der Waals surface area contributed by atoms with Gasteiger partial charge in [-0.3, -0.25) is 19.7 Å². The Kier molecular flexibility index (Phi) is 8.92. The molecule has 1 amide bonds. The van der Waals surface area contributed by atoms with Gasteiger partial charge in [-0.15, -0.1) is 0 Å². The highest BCUT2D eigenvalue weighted by Crippen LogP contribution is 2.39. The smallest absolute Gasteiger partial charge is 0.416 e. The maximum atomic E-state index is 13.7. The molecule has 2 aromatic carbocycles. The zero-order valence-corrected chi connectivity index (χ0v) is 22.8. The van der Waals surface area contributed by atoms with Crippen LogP contribution in [0.1, 0.15) is 27.0 Å². The normalized spacial score (nSPS) is 14.4. The fraction of sp³-hybridized carbons (Fsp3) is 0.259. The van der Waals surface area contributed by atoms with Crippen molar-refractivity contribution in [2.75, 3.05) is 37.6 Å². The molecule has 0 unspecified atom stereocenters. The highest BCUT2D eigenvalue weighted by Gasteiger charge is 2.34. The highest BCUT2D eigenvalue weighted by atomic mass is 35.5. The number of pyridine rings is 1. The summed E-state index contributed by atoms with van der Waals surface area (Å²) >= 11 is 6.33. The number of aliphatic hydroxyl groups excluding tert-OH is 1. The van der Waals surface area contributed by atoms with Crippen molar-refractivity contribution in [3.05, 3.63) is 82.3 Å². The van der Waals surface area contributed by atoms with Gasteiger partial charge in [-0.1, -0.05) is 11.6 Å². The number of hydrogen-bond donors (Lipinski definition) is 4. The van der Waals surface area contributed by atoms with E-state index >= 15 is 0 Å². The topological polar surface area (TPSA) is 139 Å². The van der Waals surface area contributed by atoms with Crippen molar-refractivity contribution in [2.24, 2.45) is 11.6 Å². The Balaban J connectivity index is 1.62. The van der Waals surface area contributed by atoms with E-state index in [-0.39, 0.29) is 45.5 Å². The number of ether oxygens (including phenoxy) is 2. The second kappa shape index (κ2) is 12.2. The first-order valence-corrected chi connectivity index (χ1v) is 12.6. The van der Waals surface area contributed by atoms with Crippen LogP contribution in [0.4, 0.5) is 24.5 Å². The fourth-order valence-electron chi connectivity index (χ4n) is 4.25. The van der Waals surface area contributed by atoms with Crippen LogP contribution in [0.15, 0.2) is 55.0 Å². The Morgan fingerprint density at radius 2 is 1.93 bits per heavy atom. The number of aliphatic hydroxyl groups is 1. The van der Waals surface area contributed by atoms with Gasteiger partial charge >= 0.3 is 6.18 Å². The summed E-state index contributed by atoms with van der Waals surface area (Å²) in [7, 11) is 2.79. The molecule has 218 valence electrons. The maximum absolute atomic E-state index is 13.7. The lowest BCUT2D eigenvalue weighted by Crippen LogP contribution is -2.49. The van der Waals surface area contributed by atoms with E-state index in [2.05, 4.69) is 10.3 Å². The molecule has 6 N–H and O–H groups in total. The average molecular weight is 593 g/mol. The van der Waals surface area contributed by atoms with Gasteiger partial charge in [0, 0.05) is 48.7 Å². The number of β-amino-alcohol motifs (C(OH)–C–C–N with tert-alkyl or cyclic N) is 1. The van der Waals surface area contributed by atoms with E-state index < -0.39 is 23.8 Å². The number of nitrogens with one attached hydrogen (secondary N) is 1. The summed E-state index contributed by atoms with van der Waals surface area (Å²) in [4.78, 5) is 19.0. The zero-order valence-electron chi connectivity index (χ0n) is 22.1. The van der Waals surface area contributed by atoms with Gasteiger partial charge in [0.05, 0.1) is 54.2 Å². The molecule has 3 aromatic rings. The summed E-state index contributed by atoms with van der Waals surface area (Å²) in [6.07, 6.45) is -0.826. The van der Waals surface area contributed by atoms with Crippen LogP contribution in [0.2, 0.25) is 5.02 Å². The molecule has 0 spiro atoms. The standard InChI is InChI=1S/C27H28ClF3N6O4/c1-40-20-6-16(9-34-10-20)22(32)14-37(33)24-7-15(3-4-21(24)28)26(39)35-23-8-18(27(29,30)31)5-17(25(23)41-2)11-36-12-19(38)13-36/h3-10,14,19,38H,11-13,32-33H2,1-2H3,(H,35,39)/b22-14-. The van der Waals surface area contributed by atoms with E-state index in [1.165, 1.54) is 51.0 Å². The van der Waals surface area contributed by atoms with Gasteiger partial charge in [-0.25, -0.2) is 5.84 Å². The van der Waals surface area contributed by atoms with E-state index in [1.54, 1.807) is 11.0 Å². The molecule has 0 atom stereocenters. The molecular formula is C27H28ClF3N6O4. The van der Waals surface area contributed by atoms with Crippen molar-refractivity contribution in [1.29, 1.82) is 0 Å². The van der Waals surface area contributed by atoms with Gasteiger partial charge in [-0.05, 0) is 36.4 Å². The summed E-state index contributed by atoms with van der Waals surface area (Å²) in [6, 6.07) is 7.62. The molecular weight excluding hydrogens is 565 g/mol. The summed E-state index contributed by atoms with van der Waals surface area (Å²) in [5.41, 5.74) is 6.24. The lowest BCUT2D eigenvalue weighted by atomic mass is 10.0. The Morgan fingerprint density at radius 1 is 1.20 bits per heavy atom. The van der Waals surface area contributed by atoms with Crippen LogP contribution in [-0.2, 0) is 12.7 Å². The van der Waals surface area contributed by atoms with E-state index in [0.29, 0.717) is 24.4 Å². The third-order valence-electron chi connectivity index (χ3n) is 6.32. The predicted octanol–water partition coefficient (Wildman–Crippen LogP) is 3.84. The molecule has 0 bridgehead atoms. The number of carbonyl (C=O) groups is 1. The summed E-state index contributed by atoms with van der Waals surface area (Å²) in [6.45, 7) is 0.728. The number of rotatable bonds is 9. The average Bonchev–Trinajstić information content (AvgIpc) is 2.91. The van der Waals surface area contributed by atoms with Crippen LogP contribution in [0.5, 0.6) is 11.5 Å². The molecule has 1 saturated heterocycles. The van der Waals surface area contributed by atoms with Crippen LogP contribution < -0.4 is 31.4 Å². The molecule has 1 aliphatic rings. The van der Waals surface area contributed by atoms with Crippen LogP contribution in [0.25, 0.3) is 5.70 Å². The SMILES string of the molecule is COc1cncc(/C(N)=C/N(N)c2cc(C(=O)Nc3cc(C(F)(F)F)cc(CN4CC(O)C4)c3OC)ccc2Cl)c1. The molecule has 1 fully saturated rings. The Hall–Kier alpha value is -4.04. The van der Waals surface area contributed by atoms with Crippen molar-refractivity contribution >= 4 is 34.6 Å². The second-order valence-corrected chi connectivity index (χ2v) is 9.69. The quantitative estimate of drug-likeness (QED) is 0.216. The molecule has 1 aliphatic heterocycles. The van der Waals surface area contributed by atoms with Gasteiger partial charge < -0.3 is 25.6 Å². The Labute approximate surface area is 238 Å². The number of halogens is 4. The number of benzene rings is 2. The van der Waals surface area contributed by atoms with Crippen LogP contribution in [-0.4, -0.2) is 54.3 Å². The van der Waals surface area contributed by atoms with Crippen molar-refractivity contribution in [2.45, 2.75) is 18.8 Å². The first kappa shape index (κ1) is 29.9. The lowest BCUT2D eigenvalue weighted by Gasteiger charge is -2.36. The number of amides is 1. The number of hydrazine groups is 1. The number of alkyl halides is 3. The minimum absolute atomic E-state index is 0.0572. The van der Waals surface area contributed by atoms with Gasteiger partial charge in [0.15, 0.2) is 0 Å². The second-order valence-electron chi connectivity index (χ2n) is 9.29. The van der Waals surface area contributed by atoms with E-state index in [0.717, 1.165) is 17.1 Å². The van der Waals surface area contributed by atoms with Crippen LogP contribution >= 0.6 is 11.6 Å². The van der Waals surface area contributed by atoms with Gasteiger partial charge in [-0.2, -0.15) is 13.2 Å². The summed E-state index contributed by atoms with van der Waals surface area (Å²) in [5, 5.41) is 13.4. The molecule has 4 rings (SSSR count). The third-order valence-corrected chi connectivity index (χ3v) is 6.64. The molecule has 1 aromatic heterocycles. The number of hydrogen-bond acceptors (Lipinski definition) is 9. The number of carbonyl (C=O) groups excluding carboxylic acids is 1. The monoisotopic (exact) mass is 592 g/mol. The van der Waals surface area contributed by atoms with Gasteiger partial charge in [0.25, 0.3) is 5.91 Å². The molecule has 14 heteroatoms. The van der Waals surface area contributed by atoms with Crippen LogP contribution in [0.3, 0.4) is 0 Å². The van der Waals surface area contributed by atoms with Crippen LogP contribution in [0, 0.1) is 0 Å². The number of anilines is 2. The number of methoxy groups -OCH3 is 2. The van der Waals surface area contributed by atoms with Crippen molar-refractivity contribution in [3.8, 4) is 11.5 Å². The number of likely N-dealkylation sites (tertiary alicyclic amines) is 1. The van der Waals surface area contributed by atoms with E-state index in [1.807, 2.05) is 0 Å². The third kappa shape index (κ3) is 7.00. The van der Waals surface area contributed by atoms with Crippen molar-refractivity contribution in [3.63, 3.8) is 0 Å². The van der Waals surface area contributed by atoms with Crippen molar-refractivity contribution in [1.82, 2.24) is 9.88 Å². The molecule has 0 radical (unpaired) electrons. The zero-order chi connectivity index (χ0) is 29.9. The molecule has 10 nitrogen and oxygen atoms in total. The lowest BCUT2D eigenvalue weighted by molar-refractivity contribution is -0.137. The Bertz CT molecular complexity index is 1460. The van der Waals surface area contributed by atoms with Gasteiger partial charge in [0.2, 0.25) is 0 Å². The number of aromatic nitrogens is 1. The first-order valence-electron chi connectivity index (χ1n) is 12.2. The summed E-state index contributed by atoms with van der Waals surface area (Å²) in [5.74, 6) is 6.00. The maximum Gasteiger partial charge on any atom is 0.416 e. The van der Waals surface area contributed by atoms with Gasteiger partial charge in [0.1, 0.15) is 11.5 Å². The Morgan fingerprint density at radius 3 is 2.56 bits per heavy atom. The van der Waals surface area contributed by atoms with E-state index in [9.17, 15) is 23.1 Å². The minimum Gasteiger partial charge on any atom is -0.495 e.